The van der Waals surface area contributed by atoms with Crippen molar-refractivity contribution in [2.24, 2.45) is 0 Å². The first-order valence-electron chi connectivity index (χ1n) is 10.4. The molecule has 162 valence electrons. The number of rotatable bonds is 7. The topological polar surface area (TPSA) is 72.4 Å². The molecule has 6 heteroatoms. The maximum Gasteiger partial charge on any atom is 0.270 e. The van der Waals surface area contributed by atoms with Gasteiger partial charge < -0.3 is 10.1 Å². The second-order valence-electron chi connectivity index (χ2n) is 7.91. The fourth-order valence-corrected chi connectivity index (χ4v) is 3.30. The molecule has 2 N–H and O–H groups in total. The molecule has 0 fully saturated rings. The van der Waals surface area contributed by atoms with Gasteiger partial charge in [-0.15, -0.1) is 0 Å². The van der Waals surface area contributed by atoms with Crippen LogP contribution in [0.2, 0.25) is 0 Å². The molecule has 0 bridgehead atoms. The zero-order valence-electron chi connectivity index (χ0n) is 18.6. The standard InChI is InChI=1S/C25H29N3O3/c1-16(2)22-8-6-7-9-23(22)26-24(29)19(5)31-21-14-12-20(13-15-21)25(30)27-28-17(3)10-11-18(28)4/h6-16,19H,1-5H3,(H,26,29)(H,27,30)/t19-/m1/s1. The molecule has 1 atom stereocenters. The number of amides is 2. The molecule has 0 saturated carbocycles. The minimum absolute atomic E-state index is 0.218. The Hall–Kier alpha value is -3.54. The van der Waals surface area contributed by atoms with Gasteiger partial charge in [-0.05, 0) is 74.7 Å². The Kier molecular flexibility index (Phi) is 6.80. The molecular formula is C25H29N3O3. The summed E-state index contributed by atoms with van der Waals surface area (Å²) in [5.41, 5.74) is 7.14. The average molecular weight is 420 g/mol. The molecule has 2 aromatic carbocycles. The Morgan fingerprint density at radius 3 is 2.10 bits per heavy atom. The lowest BCUT2D eigenvalue weighted by Crippen LogP contribution is -2.30. The predicted octanol–water partition coefficient (Wildman–Crippen LogP) is 5.02. The van der Waals surface area contributed by atoms with Crippen molar-refractivity contribution in [2.75, 3.05) is 10.7 Å². The van der Waals surface area contributed by atoms with E-state index in [1.807, 2.05) is 50.2 Å². The van der Waals surface area contributed by atoms with Crippen LogP contribution in [0.5, 0.6) is 5.75 Å². The van der Waals surface area contributed by atoms with Crippen molar-refractivity contribution in [2.45, 2.75) is 46.6 Å². The van der Waals surface area contributed by atoms with E-state index >= 15 is 0 Å². The van der Waals surface area contributed by atoms with Crippen LogP contribution < -0.4 is 15.5 Å². The largest absolute Gasteiger partial charge is 0.481 e. The minimum Gasteiger partial charge on any atom is -0.481 e. The van der Waals surface area contributed by atoms with E-state index in [2.05, 4.69) is 24.6 Å². The van der Waals surface area contributed by atoms with Gasteiger partial charge in [0.25, 0.3) is 11.8 Å². The second-order valence-corrected chi connectivity index (χ2v) is 7.91. The highest BCUT2D eigenvalue weighted by Crippen LogP contribution is 2.24. The molecule has 0 aliphatic heterocycles. The quantitative estimate of drug-likeness (QED) is 0.565. The van der Waals surface area contributed by atoms with E-state index in [1.54, 1.807) is 35.9 Å². The number of anilines is 1. The number of nitrogens with one attached hydrogen (secondary N) is 2. The maximum absolute atomic E-state index is 12.6. The van der Waals surface area contributed by atoms with Gasteiger partial charge in [-0.25, -0.2) is 0 Å². The number of hydrogen-bond donors (Lipinski definition) is 2. The van der Waals surface area contributed by atoms with Gasteiger partial charge >= 0.3 is 0 Å². The van der Waals surface area contributed by atoms with Gasteiger partial charge in [0.15, 0.2) is 6.10 Å². The average Bonchev–Trinajstić information content (AvgIpc) is 3.06. The number of ether oxygens (including phenoxy) is 1. The summed E-state index contributed by atoms with van der Waals surface area (Å²) < 4.78 is 7.52. The number of para-hydroxylation sites is 1. The summed E-state index contributed by atoms with van der Waals surface area (Å²) in [7, 11) is 0. The highest BCUT2D eigenvalue weighted by Gasteiger charge is 2.17. The van der Waals surface area contributed by atoms with Crippen molar-refractivity contribution in [3.63, 3.8) is 0 Å². The smallest absolute Gasteiger partial charge is 0.270 e. The number of aromatic nitrogens is 1. The van der Waals surface area contributed by atoms with Crippen LogP contribution in [0.1, 0.15) is 54.0 Å². The molecule has 0 spiro atoms. The Bertz CT molecular complexity index is 1050. The molecule has 2 amide bonds. The van der Waals surface area contributed by atoms with Crippen LogP contribution in [0.3, 0.4) is 0 Å². The number of benzene rings is 2. The first-order valence-corrected chi connectivity index (χ1v) is 10.4. The molecule has 31 heavy (non-hydrogen) atoms. The third-order valence-corrected chi connectivity index (χ3v) is 5.12. The van der Waals surface area contributed by atoms with E-state index in [9.17, 15) is 9.59 Å². The summed E-state index contributed by atoms with van der Waals surface area (Å²) in [6.07, 6.45) is -0.690. The van der Waals surface area contributed by atoms with Crippen molar-refractivity contribution in [1.82, 2.24) is 4.68 Å². The van der Waals surface area contributed by atoms with Crippen molar-refractivity contribution < 1.29 is 14.3 Å². The van der Waals surface area contributed by atoms with Gasteiger partial charge in [0.2, 0.25) is 0 Å². The third kappa shape index (κ3) is 5.34. The van der Waals surface area contributed by atoms with E-state index in [4.69, 9.17) is 4.74 Å². The first kappa shape index (κ1) is 22.2. The molecule has 1 heterocycles. The molecule has 0 saturated heterocycles. The Morgan fingerprint density at radius 1 is 0.871 bits per heavy atom. The SMILES string of the molecule is Cc1ccc(C)n1NC(=O)c1ccc(O[C@H](C)C(=O)Nc2ccccc2C(C)C)cc1. The molecule has 0 aliphatic rings. The monoisotopic (exact) mass is 419 g/mol. The second kappa shape index (κ2) is 9.51. The molecule has 1 aromatic heterocycles. The van der Waals surface area contributed by atoms with Crippen LogP contribution >= 0.6 is 0 Å². The Balaban J connectivity index is 1.61. The summed E-state index contributed by atoms with van der Waals surface area (Å²) in [5.74, 6) is 0.369. The van der Waals surface area contributed by atoms with Crippen LogP contribution in [0, 0.1) is 13.8 Å². The Morgan fingerprint density at radius 2 is 1.48 bits per heavy atom. The molecular weight excluding hydrogens is 390 g/mol. The number of hydrogen-bond acceptors (Lipinski definition) is 3. The van der Waals surface area contributed by atoms with Gasteiger partial charge in [-0.2, -0.15) is 0 Å². The van der Waals surface area contributed by atoms with Gasteiger partial charge in [-0.3, -0.25) is 19.7 Å². The number of nitrogens with zero attached hydrogens (tertiary/aromatic N) is 1. The minimum atomic E-state index is -0.690. The van der Waals surface area contributed by atoms with E-state index < -0.39 is 6.10 Å². The van der Waals surface area contributed by atoms with E-state index in [0.29, 0.717) is 17.2 Å². The number of carbonyl (C=O) groups is 2. The van der Waals surface area contributed by atoms with Crippen LogP contribution in [-0.4, -0.2) is 22.6 Å². The molecule has 0 radical (unpaired) electrons. The van der Waals surface area contributed by atoms with Gasteiger partial charge in [0, 0.05) is 22.6 Å². The molecule has 3 rings (SSSR count). The maximum atomic E-state index is 12.6. The summed E-state index contributed by atoms with van der Waals surface area (Å²) in [5, 5.41) is 2.95. The van der Waals surface area contributed by atoms with Gasteiger partial charge in [0.05, 0.1) is 0 Å². The zero-order valence-corrected chi connectivity index (χ0v) is 18.6. The summed E-state index contributed by atoms with van der Waals surface area (Å²) in [4.78, 5) is 25.1. The van der Waals surface area contributed by atoms with E-state index in [1.165, 1.54) is 0 Å². The lowest BCUT2D eigenvalue weighted by Gasteiger charge is -2.18. The summed E-state index contributed by atoms with van der Waals surface area (Å²) in [6, 6.07) is 18.4. The highest BCUT2D eigenvalue weighted by molar-refractivity contribution is 6.00. The molecule has 6 nitrogen and oxygen atoms in total. The van der Waals surface area contributed by atoms with E-state index in [-0.39, 0.29) is 11.8 Å². The van der Waals surface area contributed by atoms with Crippen molar-refractivity contribution in [3.8, 4) is 5.75 Å². The van der Waals surface area contributed by atoms with Crippen LogP contribution in [-0.2, 0) is 4.79 Å². The fourth-order valence-electron chi connectivity index (χ4n) is 3.30. The number of aryl methyl sites for hydroxylation is 2. The summed E-state index contributed by atoms with van der Waals surface area (Å²) in [6.45, 7) is 9.72. The molecule has 0 unspecified atom stereocenters. The predicted molar refractivity (Wildman–Crippen MR) is 123 cm³/mol. The van der Waals surface area contributed by atoms with Gasteiger partial charge in [-0.1, -0.05) is 32.0 Å². The van der Waals surface area contributed by atoms with Crippen LogP contribution in [0.15, 0.2) is 60.7 Å². The molecule has 0 aliphatic carbocycles. The Labute approximate surface area is 183 Å². The zero-order chi connectivity index (χ0) is 22.5. The van der Waals surface area contributed by atoms with Crippen molar-refractivity contribution in [3.05, 3.63) is 83.2 Å². The highest BCUT2D eigenvalue weighted by atomic mass is 16.5. The van der Waals surface area contributed by atoms with Crippen molar-refractivity contribution in [1.29, 1.82) is 0 Å². The van der Waals surface area contributed by atoms with E-state index in [0.717, 1.165) is 22.6 Å². The molecule has 3 aromatic rings. The lowest BCUT2D eigenvalue weighted by molar-refractivity contribution is -0.122. The van der Waals surface area contributed by atoms with Gasteiger partial charge in [0.1, 0.15) is 5.75 Å². The van der Waals surface area contributed by atoms with Crippen LogP contribution in [0.4, 0.5) is 5.69 Å². The summed E-state index contributed by atoms with van der Waals surface area (Å²) >= 11 is 0. The third-order valence-electron chi connectivity index (χ3n) is 5.12. The first-order chi connectivity index (χ1) is 14.8. The van der Waals surface area contributed by atoms with Crippen molar-refractivity contribution >= 4 is 17.5 Å². The fraction of sp³-hybridized carbons (Fsp3) is 0.280. The number of carbonyl (C=O) groups excluding carboxylic acids is 2. The van der Waals surface area contributed by atoms with Crippen LogP contribution in [0.25, 0.3) is 0 Å². The normalized spacial score (nSPS) is 11.8. The lowest BCUT2D eigenvalue weighted by atomic mass is 10.0.